The maximum atomic E-state index is 5.42. The van der Waals surface area contributed by atoms with Crippen molar-refractivity contribution >= 4 is 0 Å². The Hall–Kier alpha value is -0.340. The monoisotopic (exact) mass is 255 g/mol. The van der Waals surface area contributed by atoms with Crippen molar-refractivity contribution in [2.75, 3.05) is 26.3 Å². The van der Waals surface area contributed by atoms with Gasteiger partial charge in [0.05, 0.1) is 13.2 Å². The quantitative estimate of drug-likeness (QED) is 0.348. The molecule has 2 heteroatoms. The van der Waals surface area contributed by atoms with Crippen LogP contribution in [-0.2, 0) is 4.74 Å². The minimum atomic E-state index is 0.808. The molecule has 0 fully saturated rings. The number of rotatable bonds is 15. The first-order valence-electron chi connectivity index (χ1n) is 7.81. The van der Waals surface area contributed by atoms with Crippen molar-refractivity contribution in [3.8, 4) is 0 Å². The second kappa shape index (κ2) is 16.7. The van der Waals surface area contributed by atoms with Crippen LogP contribution in [0.15, 0.2) is 12.7 Å². The minimum absolute atomic E-state index is 0.808. The van der Waals surface area contributed by atoms with E-state index in [4.69, 9.17) is 4.74 Å². The molecule has 18 heavy (non-hydrogen) atoms. The third-order valence-corrected chi connectivity index (χ3v) is 3.10. The summed E-state index contributed by atoms with van der Waals surface area (Å²) in [6.07, 6.45) is 14.0. The highest BCUT2D eigenvalue weighted by Gasteiger charge is 1.92. The minimum Gasteiger partial charge on any atom is -0.380 e. The fourth-order valence-corrected chi connectivity index (χ4v) is 1.92. The first-order valence-corrected chi connectivity index (χ1v) is 7.81. The first kappa shape index (κ1) is 17.7. The van der Waals surface area contributed by atoms with E-state index < -0.39 is 0 Å². The van der Waals surface area contributed by atoms with Gasteiger partial charge in [-0.3, -0.25) is 0 Å². The van der Waals surface area contributed by atoms with Crippen LogP contribution in [0.5, 0.6) is 0 Å². The van der Waals surface area contributed by atoms with Crippen LogP contribution in [0.4, 0.5) is 0 Å². The molecule has 0 radical (unpaired) electrons. The van der Waals surface area contributed by atoms with E-state index in [2.05, 4.69) is 18.8 Å². The zero-order chi connectivity index (χ0) is 13.3. The van der Waals surface area contributed by atoms with Crippen molar-refractivity contribution in [2.24, 2.45) is 0 Å². The van der Waals surface area contributed by atoms with Crippen molar-refractivity contribution in [1.82, 2.24) is 5.32 Å². The van der Waals surface area contributed by atoms with Gasteiger partial charge in [-0.2, -0.15) is 0 Å². The van der Waals surface area contributed by atoms with Gasteiger partial charge in [-0.15, -0.1) is 6.58 Å². The van der Waals surface area contributed by atoms with Gasteiger partial charge in [-0.05, 0) is 19.4 Å². The average molecular weight is 255 g/mol. The zero-order valence-electron chi connectivity index (χ0n) is 12.4. The van der Waals surface area contributed by atoms with Crippen LogP contribution in [-0.4, -0.2) is 26.3 Å². The third kappa shape index (κ3) is 15.7. The molecule has 0 aliphatic carbocycles. The summed E-state index contributed by atoms with van der Waals surface area (Å²) < 4.78 is 5.42. The van der Waals surface area contributed by atoms with E-state index in [0.717, 1.165) is 32.7 Å². The highest BCUT2D eigenvalue weighted by atomic mass is 16.5. The Bertz CT molecular complexity index is 159. The van der Waals surface area contributed by atoms with E-state index in [9.17, 15) is 0 Å². The lowest BCUT2D eigenvalue weighted by Crippen LogP contribution is -2.21. The number of unbranched alkanes of at least 4 members (excludes halogenated alkanes) is 7. The lowest BCUT2D eigenvalue weighted by Gasteiger charge is -2.05. The predicted octanol–water partition coefficient (Wildman–Crippen LogP) is 4.31. The Morgan fingerprint density at radius 3 is 2.22 bits per heavy atom. The van der Waals surface area contributed by atoms with Gasteiger partial charge in [0.15, 0.2) is 0 Å². The molecular weight excluding hydrogens is 222 g/mol. The number of hydrogen-bond donors (Lipinski definition) is 1. The van der Waals surface area contributed by atoms with E-state index in [1.807, 2.05) is 6.08 Å². The Kier molecular flexibility index (Phi) is 16.3. The largest absolute Gasteiger partial charge is 0.380 e. The fourth-order valence-electron chi connectivity index (χ4n) is 1.92. The van der Waals surface area contributed by atoms with Gasteiger partial charge in [0.2, 0.25) is 0 Å². The molecule has 0 aromatic rings. The second-order valence-corrected chi connectivity index (χ2v) is 4.91. The topological polar surface area (TPSA) is 21.3 Å². The van der Waals surface area contributed by atoms with E-state index in [1.54, 1.807) is 0 Å². The number of hydrogen-bond acceptors (Lipinski definition) is 2. The summed E-state index contributed by atoms with van der Waals surface area (Å²) in [5, 5.41) is 3.42. The molecule has 0 aromatic carbocycles. The lowest BCUT2D eigenvalue weighted by atomic mass is 10.1. The molecule has 0 spiro atoms. The van der Waals surface area contributed by atoms with Gasteiger partial charge in [-0.1, -0.05) is 57.9 Å². The van der Waals surface area contributed by atoms with Crippen LogP contribution in [0.1, 0.15) is 64.7 Å². The summed E-state index contributed by atoms with van der Waals surface area (Å²) in [4.78, 5) is 0. The van der Waals surface area contributed by atoms with Crippen LogP contribution in [0, 0.1) is 0 Å². The highest BCUT2D eigenvalue weighted by molar-refractivity contribution is 4.64. The van der Waals surface area contributed by atoms with Gasteiger partial charge in [0.1, 0.15) is 0 Å². The van der Waals surface area contributed by atoms with Crippen molar-refractivity contribution in [1.29, 1.82) is 0 Å². The Morgan fingerprint density at radius 2 is 1.56 bits per heavy atom. The van der Waals surface area contributed by atoms with E-state index in [1.165, 1.54) is 51.4 Å². The van der Waals surface area contributed by atoms with Gasteiger partial charge in [-0.25, -0.2) is 0 Å². The van der Waals surface area contributed by atoms with Gasteiger partial charge >= 0.3 is 0 Å². The summed E-state index contributed by atoms with van der Waals surface area (Å²) in [5.41, 5.74) is 0. The predicted molar refractivity (Wildman–Crippen MR) is 81.1 cm³/mol. The summed E-state index contributed by atoms with van der Waals surface area (Å²) in [6, 6.07) is 0. The molecule has 0 unspecified atom stereocenters. The summed E-state index contributed by atoms with van der Waals surface area (Å²) >= 11 is 0. The Balaban J connectivity index is 2.88. The van der Waals surface area contributed by atoms with Crippen LogP contribution in [0.3, 0.4) is 0 Å². The molecule has 0 aliphatic rings. The van der Waals surface area contributed by atoms with Crippen LogP contribution in [0.2, 0.25) is 0 Å². The fraction of sp³-hybridized carbons (Fsp3) is 0.875. The molecule has 0 aromatic heterocycles. The molecule has 0 aliphatic heterocycles. The second-order valence-electron chi connectivity index (χ2n) is 4.91. The molecule has 108 valence electrons. The first-order chi connectivity index (χ1) is 8.91. The van der Waals surface area contributed by atoms with Crippen molar-refractivity contribution < 1.29 is 4.74 Å². The third-order valence-electron chi connectivity index (χ3n) is 3.10. The standard InChI is InChI=1S/C16H33NO/c1-3-5-7-8-9-10-11-12-13-17-14-16-18-15-6-4-2/h4,17H,2-3,5-16H2,1H3. The summed E-state index contributed by atoms with van der Waals surface area (Å²) in [5.74, 6) is 0. The Morgan fingerprint density at radius 1 is 0.889 bits per heavy atom. The maximum absolute atomic E-state index is 5.42. The molecule has 0 heterocycles. The number of nitrogens with one attached hydrogen (secondary N) is 1. The van der Waals surface area contributed by atoms with Gasteiger partial charge in [0, 0.05) is 6.54 Å². The van der Waals surface area contributed by atoms with Gasteiger partial charge in [0.25, 0.3) is 0 Å². The Labute approximate surface area is 114 Å². The van der Waals surface area contributed by atoms with E-state index in [-0.39, 0.29) is 0 Å². The smallest absolute Gasteiger partial charge is 0.0591 e. The summed E-state index contributed by atoms with van der Waals surface area (Å²) in [6.45, 7) is 9.69. The molecule has 0 saturated carbocycles. The zero-order valence-corrected chi connectivity index (χ0v) is 12.4. The van der Waals surface area contributed by atoms with Gasteiger partial charge < -0.3 is 10.1 Å². The average Bonchev–Trinajstić information content (AvgIpc) is 2.39. The van der Waals surface area contributed by atoms with Crippen LogP contribution < -0.4 is 5.32 Å². The highest BCUT2D eigenvalue weighted by Crippen LogP contribution is 2.07. The SMILES string of the molecule is C=CCCOCCNCCCCCCCCCC. The van der Waals surface area contributed by atoms with Crippen LogP contribution >= 0.6 is 0 Å². The molecule has 0 atom stereocenters. The molecule has 1 N–H and O–H groups in total. The molecule has 0 rings (SSSR count). The molecule has 0 amide bonds. The summed E-state index contributed by atoms with van der Waals surface area (Å²) in [7, 11) is 0. The molecule has 0 saturated heterocycles. The van der Waals surface area contributed by atoms with Crippen LogP contribution in [0.25, 0.3) is 0 Å². The molecule has 0 bridgehead atoms. The normalized spacial score (nSPS) is 10.7. The maximum Gasteiger partial charge on any atom is 0.0591 e. The van der Waals surface area contributed by atoms with E-state index >= 15 is 0 Å². The van der Waals surface area contributed by atoms with Crippen molar-refractivity contribution in [2.45, 2.75) is 64.7 Å². The molecular formula is C16H33NO. The van der Waals surface area contributed by atoms with Crippen molar-refractivity contribution in [3.05, 3.63) is 12.7 Å². The lowest BCUT2D eigenvalue weighted by molar-refractivity contribution is 0.140. The van der Waals surface area contributed by atoms with E-state index in [0.29, 0.717) is 0 Å². The van der Waals surface area contributed by atoms with Crippen molar-refractivity contribution in [3.63, 3.8) is 0 Å². The molecule has 2 nitrogen and oxygen atoms in total. The number of ether oxygens (including phenoxy) is 1.